The molecule has 9 nitrogen and oxygen atoms in total. The van der Waals surface area contributed by atoms with Crippen LogP contribution in [0.4, 0.5) is 5.69 Å². The second kappa shape index (κ2) is 8.01. The number of esters is 1. The van der Waals surface area contributed by atoms with Gasteiger partial charge in [0.05, 0.1) is 17.2 Å². The van der Waals surface area contributed by atoms with Gasteiger partial charge in [0.25, 0.3) is 5.91 Å². The van der Waals surface area contributed by atoms with Crippen LogP contribution in [-0.4, -0.2) is 62.3 Å². The average molecular weight is 407 g/mol. The van der Waals surface area contributed by atoms with Crippen molar-refractivity contribution in [3.8, 4) is 0 Å². The van der Waals surface area contributed by atoms with Crippen LogP contribution in [0.1, 0.15) is 12.8 Å². The van der Waals surface area contributed by atoms with Gasteiger partial charge < -0.3 is 9.64 Å². The van der Waals surface area contributed by atoms with Crippen molar-refractivity contribution in [2.24, 2.45) is 0 Å². The Morgan fingerprint density at radius 2 is 2.00 bits per heavy atom. The van der Waals surface area contributed by atoms with Crippen LogP contribution >= 0.6 is 0 Å². The van der Waals surface area contributed by atoms with E-state index in [1.807, 2.05) is 0 Å². The second-order valence-electron chi connectivity index (χ2n) is 6.64. The minimum absolute atomic E-state index is 0.0140. The quantitative estimate of drug-likeness (QED) is 0.684. The molecule has 1 atom stereocenters. The fourth-order valence-corrected chi connectivity index (χ4v) is 4.79. The summed E-state index contributed by atoms with van der Waals surface area (Å²) in [5.74, 6) is -1.52. The van der Waals surface area contributed by atoms with E-state index < -0.39 is 34.4 Å². The first-order chi connectivity index (χ1) is 13.3. The normalized spacial score (nSPS) is 20.9. The molecule has 0 aliphatic carbocycles. The molecule has 3 rings (SSSR count). The largest absolute Gasteiger partial charge is 0.451 e. The third-order valence-electron chi connectivity index (χ3n) is 4.67. The zero-order valence-corrected chi connectivity index (χ0v) is 16.1. The van der Waals surface area contributed by atoms with Crippen LogP contribution in [0.15, 0.2) is 42.1 Å². The SMILES string of the molecule is CN(C(=O)COC(=O)C1=CCC(=O)N(c2ccccc2)N1)[C@@H]1CCS(=O)(=O)C1. The highest BCUT2D eigenvalue weighted by atomic mass is 32.2. The Kier molecular flexibility index (Phi) is 5.68. The lowest BCUT2D eigenvalue weighted by Gasteiger charge is -2.28. The first-order valence-electron chi connectivity index (χ1n) is 8.75. The number of sulfone groups is 1. The summed E-state index contributed by atoms with van der Waals surface area (Å²) >= 11 is 0. The third-order valence-corrected chi connectivity index (χ3v) is 6.42. The molecule has 0 bridgehead atoms. The lowest BCUT2D eigenvalue weighted by Crippen LogP contribution is -2.47. The minimum Gasteiger partial charge on any atom is -0.451 e. The van der Waals surface area contributed by atoms with Gasteiger partial charge in [-0.3, -0.25) is 15.0 Å². The van der Waals surface area contributed by atoms with Gasteiger partial charge in [-0.15, -0.1) is 0 Å². The smallest absolute Gasteiger partial charge is 0.356 e. The fraction of sp³-hybridized carbons (Fsp3) is 0.389. The maximum atomic E-state index is 12.3. The van der Waals surface area contributed by atoms with Crippen LogP contribution in [0.2, 0.25) is 0 Å². The lowest BCUT2D eigenvalue weighted by atomic mass is 10.2. The van der Waals surface area contributed by atoms with Crippen molar-refractivity contribution < 1.29 is 27.5 Å². The molecule has 2 aliphatic heterocycles. The van der Waals surface area contributed by atoms with E-state index in [4.69, 9.17) is 4.74 Å². The summed E-state index contributed by atoms with van der Waals surface area (Å²) in [5.41, 5.74) is 3.34. The van der Waals surface area contributed by atoms with Crippen LogP contribution < -0.4 is 10.4 Å². The van der Waals surface area contributed by atoms with Gasteiger partial charge in [-0.05, 0) is 24.6 Å². The molecule has 0 unspecified atom stereocenters. The Bertz CT molecular complexity index is 913. The molecule has 1 saturated heterocycles. The van der Waals surface area contributed by atoms with Crippen LogP contribution in [0.25, 0.3) is 0 Å². The number of hydrogen-bond donors (Lipinski definition) is 1. The van der Waals surface area contributed by atoms with E-state index in [1.165, 1.54) is 23.0 Å². The zero-order chi connectivity index (χ0) is 20.3. The van der Waals surface area contributed by atoms with Gasteiger partial charge in [-0.25, -0.2) is 18.2 Å². The van der Waals surface area contributed by atoms with Crippen molar-refractivity contribution in [3.05, 3.63) is 42.1 Å². The number of amides is 2. The number of carbonyl (C=O) groups is 3. The van der Waals surface area contributed by atoms with Crippen molar-refractivity contribution in [3.63, 3.8) is 0 Å². The molecule has 2 amide bonds. The monoisotopic (exact) mass is 407 g/mol. The molecule has 0 radical (unpaired) electrons. The van der Waals surface area contributed by atoms with Gasteiger partial charge in [-0.2, -0.15) is 0 Å². The van der Waals surface area contributed by atoms with Crippen LogP contribution in [0, 0.1) is 0 Å². The van der Waals surface area contributed by atoms with Crippen LogP contribution in [0.5, 0.6) is 0 Å². The predicted octanol–water partition coefficient (Wildman–Crippen LogP) is 0.000500. The Balaban J connectivity index is 1.56. The summed E-state index contributed by atoms with van der Waals surface area (Å²) in [4.78, 5) is 37.9. The van der Waals surface area contributed by atoms with Gasteiger partial charge in [-0.1, -0.05) is 18.2 Å². The van der Waals surface area contributed by atoms with Gasteiger partial charge in [0.2, 0.25) is 5.91 Å². The topological polar surface area (TPSA) is 113 Å². The molecule has 10 heteroatoms. The van der Waals surface area contributed by atoms with Crippen molar-refractivity contribution in [1.29, 1.82) is 0 Å². The number of likely N-dealkylation sites (N-methyl/N-ethyl adjacent to an activating group) is 1. The number of rotatable bonds is 5. The molecule has 2 aliphatic rings. The Morgan fingerprint density at radius 1 is 1.29 bits per heavy atom. The summed E-state index contributed by atoms with van der Waals surface area (Å²) in [6.45, 7) is -0.510. The molecule has 0 saturated carbocycles. The number of hydrogen-bond acceptors (Lipinski definition) is 7. The zero-order valence-electron chi connectivity index (χ0n) is 15.3. The highest BCUT2D eigenvalue weighted by Gasteiger charge is 2.33. The van der Waals surface area contributed by atoms with Gasteiger partial charge in [0, 0.05) is 19.5 Å². The van der Waals surface area contributed by atoms with E-state index in [2.05, 4.69) is 5.43 Å². The molecular formula is C18H21N3O6S. The van der Waals surface area contributed by atoms with Crippen LogP contribution in [-0.2, 0) is 29.0 Å². The first kappa shape index (κ1) is 19.9. The number of anilines is 1. The standard InChI is InChI=1S/C18H21N3O6S/c1-20(14-9-10-28(25,26)12-14)17(23)11-27-18(24)15-7-8-16(22)21(19-15)13-5-3-2-4-6-13/h2-7,14,19H,8-12H2,1H3/t14-/m1/s1. The number of nitrogens with zero attached hydrogens (tertiary/aromatic N) is 2. The Hall–Kier alpha value is -2.88. The van der Waals surface area contributed by atoms with E-state index in [1.54, 1.807) is 30.3 Å². The number of hydrazine groups is 1. The fourth-order valence-electron chi connectivity index (χ4n) is 3.02. The minimum atomic E-state index is -3.12. The lowest BCUT2D eigenvalue weighted by molar-refractivity contribution is -0.149. The summed E-state index contributed by atoms with van der Waals surface area (Å²) < 4.78 is 28.1. The van der Waals surface area contributed by atoms with E-state index in [0.717, 1.165) is 0 Å². The molecular weight excluding hydrogens is 386 g/mol. The molecule has 28 heavy (non-hydrogen) atoms. The first-order valence-corrected chi connectivity index (χ1v) is 10.6. The van der Waals surface area contributed by atoms with E-state index in [0.29, 0.717) is 12.1 Å². The third kappa shape index (κ3) is 4.50. The molecule has 0 spiro atoms. The molecule has 150 valence electrons. The van der Waals surface area contributed by atoms with E-state index in [-0.39, 0.29) is 29.5 Å². The van der Waals surface area contributed by atoms with Gasteiger partial charge in [0.1, 0.15) is 5.70 Å². The highest BCUT2D eigenvalue weighted by Crippen LogP contribution is 2.18. The number of ether oxygens (including phenoxy) is 1. The predicted molar refractivity (Wildman–Crippen MR) is 101 cm³/mol. The number of carbonyl (C=O) groups excluding carboxylic acids is 3. The second-order valence-corrected chi connectivity index (χ2v) is 8.86. The van der Waals surface area contributed by atoms with Crippen molar-refractivity contribution in [2.75, 3.05) is 30.2 Å². The summed E-state index contributed by atoms with van der Waals surface area (Å²) in [6, 6.07) is 8.35. The molecule has 1 N–H and O–H groups in total. The number of nitrogens with one attached hydrogen (secondary N) is 1. The molecule has 2 heterocycles. The Labute approximate surface area is 162 Å². The Morgan fingerprint density at radius 3 is 2.64 bits per heavy atom. The van der Waals surface area contributed by atoms with Crippen molar-refractivity contribution in [2.45, 2.75) is 18.9 Å². The maximum Gasteiger partial charge on any atom is 0.356 e. The van der Waals surface area contributed by atoms with Crippen molar-refractivity contribution >= 4 is 33.3 Å². The van der Waals surface area contributed by atoms with Gasteiger partial charge >= 0.3 is 5.97 Å². The maximum absolute atomic E-state index is 12.3. The number of benzene rings is 1. The van der Waals surface area contributed by atoms with E-state index in [9.17, 15) is 22.8 Å². The molecule has 0 aromatic heterocycles. The molecule has 1 aromatic rings. The average Bonchev–Trinajstić information content (AvgIpc) is 3.06. The highest BCUT2D eigenvalue weighted by molar-refractivity contribution is 7.91. The van der Waals surface area contributed by atoms with Gasteiger partial charge in [0.15, 0.2) is 16.4 Å². The summed E-state index contributed by atoms with van der Waals surface area (Å²) in [7, 11) is -1.62. The van der Waals surface area contributed by atoms with Crippen molar-refractivity contribution in [1.82, 2.24) is 10.3 Å². The van der Waals surface area contributed by atoms with Crippen LogP contribution in [0.3, 0.4) is 0 Å². The molecule has 1 fully saturated rings. The number of para-hydroxylation sites is 1. The molecule has 1 aromatic carbocycles. The van der Waals surface area contributed by atoms with E-state index >= 15 is 0 Å². The summed E-state index contributed by atoms with van der Waals surface area (Å²) in [6.07, 6.45) is 1.79. The summed E-state index contributed by atoms with van der Waals surface area (Å²) in [5, 5.41) is 1.24.